The summed E-state index contributed by atoms with van der Waals surface area (Å²) in [5.41, 5.74) is 1.78. The van der Waals surface area contributed by atoms with Gasteiger partial charge in [-0.15, -0.1) is 0 Å². The van der Waals surface area contributed by atoms with Crippen molar-refractivity contribution < 1.29 is 9.53 Å². The average Bonchev–Trinajstić information content (AvgIpc) is 2.92. The van der Waals surface area contributed by atoms with Gasteiger partial charge >= 0.3 is 0 Å². The molecule has 1 fully saturated rings. The van der Waals surface area contributed by atoms with Gasteiger partial charge < -0.3 is 9.72 Å². The highest BCUT2D eigenvalue weighted by Gasteiger charge is 2.25. The normalized spacial score (nSPS) is 16.5. The van der Waals surface area contributed by atoms with E-state index in [4.69, 9.17) is 4.74 Å². The number of carbonyl (C=O) groups is 1. The molecule has 0 bridgehead atoms. The Morgan fingerprint density at radius 1 is 1.24 bits per heavy atom. The minimum absolute atomic E-state index is 0.100. The van der Waals surface area contributed by atoms with Gasteiger partial charge in [-0.2, -0.15) is 0 Å². The van der Waals surface area contributed by atoms with E-state index >= 15 is 0 Å². The lowest BCUT2D eigenvalue weighted by atomic mass is 9.84. The number of fused-ring (bicyclic) bond motifs is 1. The molecule has 1 aromatic carbocycles. The third-order valence-corrected chi connectivity index (χ3v) is 4.27. The second-order valence-electron chi connectivity index (χ2n) is 6.25. The van der Waals surface area contributed by atoms with Crippen LogP contribution in [0.3, 0.4) is 0 Å². The molecule has 1 aromatic heterocycles. The van der Waals surface area contributed by atoms with Crippen LogP contribution in [0.15, 0.2) is 24.4 Å². The van der Waals surface area contributed by atoms with Gasteiger partial charge in [-0.25, -0.2) is 0 Å². The number of aromatic amines is 1. The number of hydrogen-bond donors (Lipinski definition) is 1. The number of Topliss-reactive ketones (excluding diaryl/α,β-unsaturated/α-hetero) is 1. The van der Waals surface area contributed by atoms with Gasteiger partial charge in [0.2, 0.25) is 0 Å². The van der Waals surface area contributed by atoms with Gasteiger partial charge in [0.25, 0.3) is 0 Å². The van der Waals surface area contributed by atoms with E-state index in [2.05, 4.69) is 4.98 Å². The van der Waals surface area contributed by atoms with E-state index in [0.717, 1.165) is 35.1 Å². The number of carbonyl (C=O) groups excluding carboxylic acids is 1. The van der Waals surface area contributed by atoms with Crippen LogP contribution < -0.4 is 4.74 Å². The van der Waals surface area contributed by atoms with Crippen molar-refractivity contribution in [3.63, 3.8) is 0 Å². The molecule has 1 heterocycles. The zero-order valence-corrected chi connectivity index (χ0v) is 12.8. The Kier molecular flexibility index (Phi) is 4.00. The molecule has 0 aliphatic heterocycles. The quantitative estimate of drug-likeness (QED) is 0.826. The van der Waals surface area contributed by atoms with Crippen molar-refractivity contribution in [1.29, 1.82) is 0 Å². The molecule has 1 saturated carbocycles. The fourth-order valence-electron chi connectivity index (χ4n) is 3.28. The monoisotopic (exact) mass is 285 g/mol. The molecule has 3 rings (SSSR count). The summed E-state index contributed by atoms with van der Waals surface area (Å²) in [6, 6.07) is 5.92. The van der Waals surface area contributed by atoms with Crippen molar-refractivity contribution in [3.05, 3.63) is 30.0 Å². The summed E-state index contributed by atoms with van der Waals surface area (Å²) in [7, 11) is 0. The van der Waals surface area contributed by atoms with E-state index in [1.807, 2.05) is 38.2 Å². The lowest BCUT2D eigenvalue weighted by molar-refractivity contribution is 0.0891. The smallest absolute Gasteiger partial charge is 0.168 e. The number of benzene rings is 1. The first kappa shape index (κ1) is 14.2. The van der Waals surface area contributed by atoms with Crippen LogP contribution >= 0.6 is 0 Å². The van der Waals surface area contributed by atoms with Gasteiger partial charge in [-0.3, -0.25) is 4.79 Å². The van der Waals surface area contributed by atoms with Crippen molar-refractivity contribution in [3.8, 4) is 5.75 Å². The summed E-state index contributed by atoms with van der Waals surface area (Å²) < 4.78 is 5.89. The zero-order valence-electron chi connectivity index (χ0n) is 12.8. The molecule has 1 aliphatic rings. The van der Waals surface area contributed by atoms with Gasteiger partial charge in [-0.1, -0.05) is 25.3 Å². The lowest BCUT2D eigenvalue weighted by Crippen LogP contribution is -2.17. The average molecular weight is 285 g/mol. The Bertz CT molecular complexity index is 636. The summed E-state index contributed by atoms with van der Waals surface area (Å²) in [5, 5.41) is 0.946. The summed E-state index contributed by atoms with van der Waals surface area (Å²) in [6.07, 6.45) is 7.62. The Labute approximate surface area is 125 Å². The van der Waals surface area contributed by atoms with Crippen LogP contribution in [-0.2, 0) is 0 Å². The largest absolute Gasteiger partial charge is 0.490 e. The molecule has 0 spiro atoms. The molecule has 1 N–H and O–H groups in total. The van der Waals surface area contributed by atoms with E-state index in [-0.39, 0.29) is 17.8 Å². The van der Waals surface area contributed by atoms with Crippen LogP contribution in [0.25, 0.3) is 10.9 Å². The molecular formula is C18H23NO2. The number of aromatic nitrogens is 1. The standard InChI is InChI=1S/C18H23NO2/c1-12(2)21-16-10-6-9-15-17(16)14(11-19-15)18(20)13-7-4-3-5-8-13/h6,9-13,19H,3-5,7-8H2,1-2H3. The molecule has 1 aliphatic carbocycles. The van der Waals surface area contributed by atoms with Gasteiger partial charge in [0.05, 0.1) is 11.5 Å². The van der Waals surface area contributed by atoms with Crippen LogP contribution in [0, 0.1) is 5.92 Å². The third-order valence-electron chi connectivity index (χ3n) is 4.27. The van der Waals surface area contributed by atoms with E-state index in [1.165, 1.54) is 19.3 Å². The second kappa shape index (κ2) is 5.92. The summed E-state index contributed by atoms with van der Waals surface area (Å²) >= 11 is 0. The maximum absolute atomic E-state index is 12.8. The molecule has 0 unspecified atom stereocenters. The van der Waals surface area contributed by atoms with E-state index in [9.17, 15) is 4.79 Å². The molecule has 0 atom stereocenters. The number of hydrogen-bond acceptors (Lipinski definition) is 2. The van der Waals surface area contributed by atoms with Crippen molar-refractivity contribution in [2.24, 2.45) is 5.92 Å². The zero-order chi connectivity index (χ0) is 14.8. The number of nitrogens with one attached hydrogen (secondary N) is 1. The first-order valence-corrected chi connectivity index (χ1v) is 7.98. The van der Waals surface area contributed by atoms with Crippen molar-refractivity contribution >= 4 is 16.7 Å². The molecule has 2 aromatic rings. The van der Waals surface area contributed by atoms with Crippen LogP contribution in [0.2, 0.25) is 0 Å². The predicted octanol–water partition coefficient (Wildman–Crippen LogP) is 4.72. The van der Waals surface area contributed by atoms with Gasteiger partial charge in [-0.05, 0) is 38.8 Å². The fourth-order valence-corrected chi connectivity index (χ4v) is 3.28. The predicted molar refractivity (Wildman–Crippen MR) is 85.0 cm³/mol. The maximum atomic E-state index is 12.8. The molecule has 3 heteroatoms. The van der Waals surface area contributed by atoms with Crippen LogP contribution in [0.4, 0.5) is 0 Å². The highest BCUT2D eigenvalue weighted by Crippen LogP contribution is 2.34. The van der Waals surface area contributed by atoms with Gasteiger partial charge in [0, 0.05) is 23.2 Å². The molecule has 112 valence electrons. The van der Waals surface area contributed by atoms with Crippen molar-refractivity contribution in [2.75, 3.05) is 0 Å². The Hall–Kier alpha value is -1.77. The SMILES string of the molecule is CC(C)Oc1cccc2[nH]cc(C(=O)C3CCCCC3)c12. The molecule has 21 heavy (non-hydrogen) atoms. The van der Waals surface area contributed by atoms with Crippen LogP contribution in [-0.4, -0.2) is 16.9 Å². The highest BCUT2D eigenvalue weighted by molar-refractivity contribution is 6.10. The maximum Gasteiger partial charge on any atom is 0.168 e. The van der Waals surface area contributed by atoms with Gasteiger partial charge in [0.1, 0.15) is 5.75 Å². The lowest BCUT2D eigenvalue weighted by Gasteiger charge is -2.20. The minimum Gasteiger partial charge on any atom is -0.490 e. The highest BCUT2D eigenvalue weighted by atomic mass is 16.5. The van der Waals surface area contributed by atoms with E-state index in [0.29, 0.717) is 0 Å². The first-order valence-electron chi connectivity index (χ1n) is 7.98. The second-order valence-corrected chi connectivity index (χ2v) is 6.25. The van der Waals surface area contributed by atoms with Crippen molar-refractivity contribution in [2.45, 2.75) is 52.1 Å². The summed E-state index contributed by atoms with van der Waals surface area (Å²) in [5.74, 6) is 1.27. The number of ketones is 1. The van der Waals surface area contributed by atoms with Gasteiger partial charge in [0.15, 0.2) is 5.78 Å². The van der Waals surface area contributed by atoms with E-state index < -0.39 is 0 Å². The molecular weight excluding hydrogens is 262 g/mol. The first-order chi connectivity index (χ1) is 10.2. The summed E-state index contributed by atoms with van der Waals surface area (Å²) in [6.45, 7) is 4.02. The van der Waals surface area contributed by atoms with Crippen LogP contribution in [0.1, 0.15) is 56.3 Å². The molecule has 3 nitrogen and oxygen atoms in total. The van der Waals surface area contributed by atoms with E-state index in [1.54, 1.807) is 0 Å². The topological polar surface area (TPSA) is 42.1 Å². The minimum atomic E-state index is 0.100. The number of rotatable bonds is 4. The third kappa shape index (κ3) is 2.82. The summed E-state index contributed by atoms with van der Waals surface area (Å²) in [4.78, 5) is 16.1. The van der Waals surface area contributed by atoms with Crippen molar-refractivity contribution in [1.82, 2.24) is 4.98 Å². The number of H-pyrrole nitrogens is 1. The van der Waals surface area contributed by atoms with Crippen LogP contribution in [0.5, 0.6) is 5.75 Å². The fraction of sp³-hybridized carbons (Fsp3) is 0.500. The Morgan fingerprint density at radius 2 is 2.00 bits per heavy atom. The molecule has 0 amide bonds. The Balaban J connectivity index is 1.99. The molecule has 0 saturated heterocycles. The molecule has 0 radical (unpaired) electrons. The Morgan fingerprint density at radius 3 is 2.71 bits per heavy atom. The number of ether oxygens (including phenoxy) is 1.